The quantitative estimate of drug-likeness (QED) is 0.581. The maximum atomic E-state index is 12.0. The van der Waals surface area contributed by atoms with Crippen LogP contribution in [0, 0.1) is 17.8 Å². The number of ether oxygens (including phenoxy) is 1. The number of hydrogen-bond acceptors (Lipinski definition) is 2. The van der Waals surface area contributed by atoms with Crippen molar-refractivity contribution in [2.75, 3.05) is 0 Å². The minimum absolute atomic E-state index is 0.0222. The van der Waals surface area contributed by atoms with Crippen LogP contribution in [0.1, 0.15) is 86.5 Å². The fraction of sp³-hybridized carbons (Fsp3) is 0.864. The molecule has 26 heavy (non-hydrogen) atoms. The van der Waals surface area contributed by atoms with E-state index in [1.54, 1.807) is 4.90 Å². The summed E-state index contributed by atoms with van der Waals surface area (Å²) in [5, 5.41) is 9.89. The first kappa shape index (κ1) is 21.3. The highest BCUT2D eigenvalue weighted by atomic mass is 16.6. The van der Waals surface area contributed by atoms with Crippen LogP contribution in [-0.2, 0) is 4.74 Å². The Labute approximate surface area is 160 Å². The molecular weight excluding hydrogens is 326 g/mol. The third kappa shape index (κ3) is 5.25. The van der Waals surface area contributed by atoms with Crippen molar-refractivity contribution in [2.24, 2.45) is 17.8 Å². The van der Waals surface area contributed by atoms with E-state index in [0.717, 1.165) is 12.8 Å². The number of carboxylic acid groups (broad SMARTS) is 1. The van der Waals surface area contributed by atoms with Gasteiger partial charge in [-0.1, -0.05) is 57.6 Å². The van der Waals surface area contributed by atoms with Crippen LogP contribution >= 0.6 is 0 Å². The molecule has 3 atom stereocenters. The van der Waals surface area contributed by atoms with E-state index >= 15 is 0 Å². The second-order valence-corrected chi connectivity index (χ2v) is 9.45. The zero-order valence-corrected chi connectivity index (χ0v) is 17.6. The highest BCUT2D eigenvalue weighted by Crippen LogP contribution is 2.41. The first-order valence-corrected chi connectivity index (χ1v) is 10.5. The summed E-state index contributed by atoms with van der Waals surface area (Å²) in [6.45, 7) is 12.6. The number of amides is 1. The van der Waals surface area contributed by atoms with Gasteiger partial charge in [-0.2, -0.15) is 0 Å². The van der Waals surface area contributed by atoms with Gasteiger partial charge in [-0.05, 0) is 58.3 Å². The molecule has 1 aliphatic heterocycles. The van der Waals surface area contributed by atoms with Crippen LogP contribution in [0.25, 0.3) is 0 Å². The Hall–Kier alpha value is -1.03. The Morgan fingerprint density at radius 1 is 1.23 bits per heavy atom. The number of nitrogens with zero attached hydrogens (tertiary/aromatic N) is 1. The van der Waals surface area contributed by atoms with Crippen LogP contribution in [-0.4, -0.2) is 34.0 Å². The molecule has 4 nitrogen and oxygen atoms in total. The summed E-state index contributed by atoms with van der Waals surface area (Å²) < 4.78 is 6.35. The Bertz CT molecular complexity index is 502. The molecule has 1 unspecified atom stereocenters. The Balaban J connectivity index is 2.22. The van der Waals surface area contributed by atoms with Gasteiger partial charge < -0.3 is 9.84 Å². The first-order chi connectivity index (χ1) is 12.1. The molecule has 0 bridgehead atoms. The minimum atomic E-state index is -0.846. The predicted octanol–water partition coefficient (Wildman–Crippen LogP) is 6.07. The van der Waals surface area contributed by atoms with Gasteiger partial charge in [-0.25, -0.2) is 4.79 Å². The lowest BCUT2D eigenvalue weighted by molar-refractivity contribution is -0.0707. The SMILES string of the molecule is CC(C)=CC(C[C@@H]1OC(C)(C)N(C(=O)O)[C@H]1CC1CCCCC1)C(C)C. The van der Waals surface area contributed by atoms with Crippen molar-refractivity contribution < 1.29 is 14.6 Å². The molecule has 150 valence electrons. The van der Waals surface area contributed by atoms with Crippen molar-refractivity contribution in [3.05, 3.63) is 11.6 Å². The zero-order valence-electron chi connectivity index (χ0n) is 17.6. The lowest BCUT2D eigenvalue weighted by Gasteiger charge is -2.34. The van der Waals surface area contributed by atoms with Gasteiger partial charge in [0.05, 0.1) is 12.1 Å². The monoisotopic (exact) mass is 365 g/mol. The van der Waals surface area contributed by atoms with Crippen molar-refractivity contribution >= 4 is 6.09 Å². The fourth-order valence-electron chi connectivity index (χ4n) is 4.90. The van der Waals surface area contributed by atoms with Crippen molar-refractivity contribution in [1.29, 1.82) is 0 Å². The maximum Gasteiger partial charge on any atom is 0.409 e. The van der Waals surface area contributed by atoms with Crippen molar-refractivity contribution in [1.82, 2.24) is 4.90 Å². The number of rotatable bonds is 6. The number of carbonyl (C=O) groups is 1. The number of allylic oxidation sites excluding steroid dienone is 2. The molecule has 1 aliphatic carbocycles. The second-order valence-electron chi connectivity index (χ2n) is 9.45. The molecule has 1 amide bonds. The van der Waals surface area contributed by atoms with Crippen molar-refractivity contribution in [3.63, 3.8) is 0 Å². The molecule has 0 aromatic rings. The van der Waals surface area contributed by atoms with Gasteiger partial charge in [0.15, 0.2) is 0 Å². The molecule has 0 aromatic heterocycles. The summed E-state index contributed by atoms with van der Waals surface area (Å²) in [6.07, 6.45) is 9.67. The largest absolute Gasteiger partial charge is 0.465 e. The molecule has 2 aliphatic rings. The third-order valence-electron chi connectivity index (χ3n) is 6.19. The van der Waals surface area contributed by atoms with Gasteiger partial charge >= 0.3 is 6.09 Å². The summed E-state index contributed by atoms with van der Waals surface area (Å²) in [5.41, 5.74) is 0.572. The van der Waals surface area contributed by atoms with Gasteiger partial charge in [0.2, 0.25) is 0 Å². The predicted molar refractivity (Wildman–Crippen MR) is 106 cm³/mol. The van der Waals surface area contributed by atoms with E-state index in [9.17, 15) is 9.90 Å². The lowest BCUT2D eigenvalue weighted by atomic mass is 9.81. The van der Waals surface area contributed by atoms with Crippen molar-refractivity contribution in [3.8, 4) is 0 Å². The van der Waals surface area contributed by atoms with E-state index in [4.69, 9.17) is 4.74 Å². The van der Waals surface area contributed by atoms with E-state index in [1.165, 1.54) is 37.7 Å². The van der Waals surface area contributed by atoms with Crippen LogP contribution in [0.15, 0.2) is 11.6 Å². The van der Waals surface area contributed by atoms with Crippen molar-refractivity contribution in [2.45, 2.75) is 104 Å². The van der Waals surface area contributed by atoms with Crippen LogP contribution in [0.4, 0.5) is 4.79 Å². The van der Waals surface area contributed by atoms with Crippen LogP contribution in [0.2, 0.25) is 0 Å². The Morgan fingerprint density at radius 2 is 1.85 bits per heavy atom. The standard InChI is InChI=1S/C22H39NO3/c1-15(2)12-18(16(3)4)14-20-19(13-17-10-8-7-9-11-17)23(21(24)25)22(5,6)26-20/h12,16-20H,7-11,13-14H2,1-6H3,(H,24,25)/t18?,19-,20-/m0/s1. The summed E-state index contributed by atoms with van der Waals surface area (Å²) >= 11 is 0. The normalized spacial score (nSPS) is 27.6. The molecule has 0 radical (unpaired) electrons. The summed E-state index contributed by atoms with van der Waals surface area (Å²) in [6, 6.07) is -0.0302. The van der Waals surface area contributed by atoms with Gasteiger partial charge in [0.1, 0.15) is 5.72 Å². The highest BCUT2D eigenvalue weighted by Gasteiger charge is 2.50. The topological polar surface area (TPSA) is 49.8 Å². The molecule has 1 heterocycles. The van der Waals surface area contributed by atoms with E-state index in [2.05, 4.69) is 33.8 Å². The molecule has 0 spiro atoms. The number of hydrogen-bond donors (Lipinski definition) is 1. The minimum Gasteiger partial charge on any atom is -0.465 e. The smallest absolute Gasteiger partial charge is 0.409 e. The van der Waals surface area contributed by atoms with E-state index in [0.29, 0.717) is 17.8 Å². The van der Waals surface area contributed by atoms with Crippen LogP contribution in [0.5, 0.6) is 0 Å². The molecular formula is C22H39NO3. The average Bonchev–Trinajstić information content (AvgIpc) is 2.77. The van der Waals surface area contributed by atoms with Gasteiger partial charge in [-0.3, -0.25) is 4.90 Å². The van der Waals surface area contributed by atoms with Crippen LogP contribution < -0.4 is 0 Å². The van der Waals surface area contributed by atoms with E-state index in [1.807, 2.05) is 13.8 Å². The summed E-state index contributed by atoms with van der Waals surface area (Å²) in [5.74, 6) is 1.57. The lowest BCUT2D eigenvalue weighted by Crippen LogP contribution is -2.48. The molecule has 2 fully saturated rings. The van der Waals surface area contributed by atoms with E-state index in [-0.39, 0.29) is 12.1 Å². The first-order valence-electron chi connectivity index (χ1n) is 10.5. The molecule has 4 heteroatoms. The van der Waals surface area contributed by atoms with Crippen LogP contribution in [0.3, 0.4) is 0 Å². The Morgan fingerprint density at radius 3 is 2.35 bits per heavy atom. The summed E-state index contributed by atoms with van der Waals surface area (Å²) in [7, 11) is 0. The van der Waals surface area contributed by atoms with Gasteiger partial charge in [-0.15, -0.1) is 0 Å². The second kappa shape index (κ2) is 8.77. The van der Waals surface area contributed by atoms with Gasteiger partial charge in [0.25, 0.3) is 0 Å². The molecule has 2 rings (SSSR count). The highest BCUT2D eigenvalue weighted by molar-refractivity contribution is 5.66. The molecule has 0 aromatic carbocycles. The molecule has 1 saturated carbocycles. The molecule has 1 saturated heterocycles. The molecule has 1 N–H and O–H groups in total. The zero-order chi connectivity index (χ0) is 19.5. The van der Waals surface area contributed by atoms with E-state index < -0.39 is 11.8 Å². The third-order valence-corrected chi connectivity index (χ3v) is 6.19. The summed E-state index contributed by atoms with van der Waals surface area (Å²) in [4.78, 5) is 13.6. The Kier molecular flexibility index (Phi) is 7.18. The average molecular weight is 366 g/mol. The van der Waals surface area contributed by atoms with Gasteiger partial charge in [0, 0.05) is 0 Å². The maximum absolute atomic E-state index is 12.0. The fourth-order valence-corrected chi connectivity index (χ4v) is 4.90.